The van der Waals surface area contributed by atoms with Gasteiger partial charge in [-0.3, -0.25) is 0 Å². The van der Waals surface area contributed by atoms with Gasteiger partial charge in [-0.25, -0.2) is 9.97 Å². The molecule has 4 aromatic rings. The zero-order valence-electron chi connectivity index (χ0n) is 16.0. The number of nitrogens with zero attached hydrogens (tertiary/aromatic N) is 2. The second-order valence-electron chi connectivity index (χ2n) is 7.16. The van der Waals surface area contributed by atoms with Crippen LogP contribution < -0.4 is 10.4 Å². The van der Waals surface area contributed by atoms with Crippen molar-refractivity contribution in [2.45, 2.75) is 16.6 Å². The molecule has 0 aliphatic carbocycles. The zero-order valence-corrected chi connectivity index (χ0v) is 16.9. The average molecular weight is 412 g/mol. The lowest BCUT2D eigenvalue weighted by atomic mass is 9.88. The molecule has 1 aliphatic heterocycles. The Labute approximate surface area is 178 Å². The lowest BCUT2D eigenvalue weighted by Crippen LogP contribution is -2.26. The van der Waals surface area contributed by atoms with Gasteiger partial charge in [0, 0.05) is 28.5 Å². The second kappa shape index (κ2) is 7.80. The van der Waals surface area contributed by atoms with Crippen LogP contribution in [-0.4, -0.2) is 22.5 Å². The predicted octanol–water partition coefficient (Wildman–Crippen LogP) is 3.84. The highest BCUT2D eigenvalue weighted by Crippen LogP contribution is 2.40. The summed E-state index contributed by atoms with van der Waals surface area (Å²) in [4.78, 5) is 21.0. The Hall–Kier alpha value is -3.38. The fourth-order valence-corrected chi connectivity index (χ4v) is 5.08. The molecule has 0 saturated heterocycles. The SMILES string of the molecule is O=C([O-])c1nc(NC[C@H]2c3ccccc3CSc3ccccc32)c2ccccc2n1. The normalized spacial score (nSPS) is 15.1. The minimum Gasteiger partial charge on any atom is -0.542 e. The molecule has 0 bridgehead atoms. The van der Waals surface area contributed by atoms with Gasteiger partial charge in [-0.15, -0.1) is 11.8 Å². The van der Waals surface area contributed by atoms with E-state index in [0.29, 0.717) is 17.9 Å². The number of anilines is 1. The van der Waals surface area contributed by atoms with Gasteiger partial charge in [-0.1, -0.05) is 54.6 Å². The van der Waals surface area contributed by atoms with Crippen LogP contribution in [0.4, 0.5) is 5.82 Å². The number of carboxylic acid groups (broad SMARTS) is 1. The highest BCUT2D eigenvalue weighted by molar-refractivity contribution is 7.98. The van der Waals surface area contributed by atoms with Crippen molar-refractivity contribution in [1.29, 1.82) is 0 Å². The fourth-order valence-electron chi connectivity index (χ4n) is 3.95. The number of hydrogen-bond acceptors (Lipinski definition) is 6. The molecule has 1 aromatic heterocycles. The van der Waals surface area contributed by atoms with Crippen molar-refractivity contribution < 1.29 is 9.90 Å². The maximum absolute atomic E-state index is 11.4. The molecule has 0 unspecified atom stereocenters. The highest BCUT2D eigenvalue weighted by Gasteiger charge is 2.24. The fraction of sp³-hybridized carbons (Fsp3) is 0.125. The van der Waals surface area contributed by atoms with Gasteiger partial charge in [-0.05, 0) is 34.9 Å². The number of aromatic nitrogens is 2. The smallest absolute Gasteiger partial charge is 0.177 e. The highest BCUT2D eigenvalue weighted by atomic mass is 32.2. The number of fused-ring (bicyclic) bond motifs is 3. The quantitative estimate of drug-likeness (QED) is 0.549. The molecule has 0 radical (unpaired) electrons. The molecule has 0 saturated carbocycles. The molecule has 0 fully saturated rings. The first-order chi connectivity index (χ1) is 14.7. The van der Waals surface area contributed by atoms with Crippen LogP contribution in [0.5, 0.6) is 0 Å². The number of para-hydroxylation sites is 1. The number of rotatable bonds is 4. The van der Waals surface area contributed by atoms with E-state index in [1.54, 1.807) is 6.07 Å². The van der Waals surface area contributed by atoms with Crippen LogP contribution in [0.25, 0.3) is 10.9 Å². The summed E-state index contributed by atoms with van der Waals surface area (Å²) in [6.07, 6.45) is 0. The maximum atomic E-state index is 11.4. The minimum absolute atomic E-state index is 0.118. The van der Waals surface area contributed by atoms with Crippen molar-refractivity contribution in [3.63, 3.8) is 0 Å². The van der Waals surface area contributed by atoms with Crippen LogP contribution in [0.3, 0.4) is 0 Å². The first kappa shape index (κ1) is 18.6. The lowest BCUT2D eigenvalue weighted by molar-refractivity contribution is -0.256. The topological polar surface area (TPSA) is 77.9 Å². The Bertz CT molecular complexity index is 1210. The van der Waals surface area contributed by atoms with E-state index >= 15 is 0 Å². The lowest BCUT2D eigenvalue weighted by Gasteiger charge is -2.21. The van der Waals surface area contributed by atoms with E-state index < -0.39 is 5.97 Å². The zero-order chi connectivity index (χ0) is 20.5. The third-order valence-corrected chi connectivity index (χ3v) is 6.51. The first-order valence-electron chi connectivity index (χ1n) is 9.72. The van der Waals surface area contributed by atoms with Gasteiger partial charge in [0.15, 0.2) is 5.82 Å². The van der Waals surface area contributed by atoms with E-state index in [1.807, 2.05) is 30.0 Å². The van der Waals surface area contributed by atoms with Crippen LogP contribution in [0.2, 0.25) is 0 Å². The molecule has 30 heavy (non-hydrogen) atoms. The van der Waals surface area contributed by atoms with Crippen molar-refractivity contribution in [2.75, 3.05) is 11.9 Å². The van der Waals surface area contributed by atoms with E-state index in [4.69, 9.17) is 0 Å². The van der Waals surface area contributed by atoms with Crippen LogP contribution in [0.15, 0.2) is 77.7 Å². The summed E-state index contributed by atoms with van der Waals surface area (Å²) in [6.45, 7) is 0.585. The summed E-state index contributed by atoms with van der Waals surface area (Å²) in [5, 5.41) is 15.6. The summed E-state index contributed by atoms with van der Waals surface area (Å²) < 4.78 is 0. The van der Waals surface area contributed by atoms with Crippen LogP contribution >= 0.6 is 11.8 Å². The van der Waals surface area contributed by atoms with E-state index in [-0.39, 0.29) is 11.7 Å². The Balaban J connectivity index is 1.57. The molecular weight excluding hydrogens is 394 g/mol. The van der Waals surface area contributed by atoms with Crippen molar-refractivity contribution in [1.82, 2.24) is 9.97 Å². The van der Waals surface area contributed by atoms with Gasteiger partial charge in [0.05, 0.1) is 5.52 Å². The van der Waals surface area contributed by atoms with E-state index in [1.165, 1.54) is 21.6 Å². The summed E-state index contributed by atoms with van der Waals surface area (Å²) in [7, 11) is 0. The maximum Gasteiger partial charge on any atom is 0.177 e. The molecule has 1 atom stereocenters. The molecule has 148 valence electrons. The number of carboxylic acids is 1. The predicted molar refractivity (Wildman–Crippen MR) is 117 cm³/mol. The van der Waals surface area contributed by atoms with Gasteiger partial charge in [0.25, 0.3) is 0 Å². The van der Waals surface area contributed by atoms with E-state index in [9.17, 15) is 9.90 Å². The third-order valence-electron chi connectivity index (χ3n) is 5.37. The number of hydrogen-bond donors (Lipinski definition) is 1. The summed E-state index contributed by atoms with van der Waals surface area (Å²) in [5.74, 6) is -0.146. The number of aromatic carboxylic acids is 1. The number of benzene rings is 3. The van der Waals surface area contributed by atoms with Gasteiger partial charge >= 0.3 is 0 Å². The number of nitrogens with one attached hydrogen (secondary N) is 1. The van der Waals surface area contributed by atoms with E-state index in [0.717, 1.165) is 11.1 Å². The van der Waals surface area contributed by atoms with Crippen LogP contribution in [0.1, 0.15) is 33.2 Å². The van der Waals surface area contributed by atoms with Crippen molar-refractivity contribution in [3.05, 3.63) is 95.3 Å². The molecular formula is C24H18N3O2S-. The van der Waals surface area contributed by atoms with Gasteiger partial charge in [-0.2, -0.15) is 0 Å². The molecule has 0 amide bonds. The number of carbonyl (C=O) groups excluding carboxylic acids is 1. The molecule has 2 heterocycles. The second-order valence-corrected chi connectivity index (χ2v) is 8.18. The molecule has 0 spiro atoms. The Kier molecular flexibility index (Phi) is 4.85. The Morgan fingerprint density at radius 1 is 0.967 bits per heavy atom. The van der Waals surface area contributed by atoms with Gasteiger partial charge < -0.3 is 15.2 Å². The summed E-state index contributed by atoms with van der Waals surface area (Å²) >= 11 is 1.85. The van der Waals surface area contributed by atoms with Crippen molar-refractivity contribution in [2.24, 2.45) is 0 Å². The standard InChI is InChI=1S/C24H19N3O2S/c28-24(29)23-26-20-11-5-3-10-18(20)22(27-23)25-13-19-16-8-2-1-7-15(16)14-30-21-12-6-4-9-17(19)21/h1-12,19H,13-14H2,(H,28,29)(H,25,26,27)/p-1/t19-/m0/s1. The average Bonchev–Trinajstić information content (AvgIpc) is 2.94. The minimum atomic E-state index is -1.38. The van der Waals surface area contributed by atoms with Gasteiger partial charge in [0.1, 0.15) is 11.8 Å². The first-order valence-corrected chi connectivity index (χ1v) is 10.7. The monoisotopic (exact) mass is 412 g/mol. The van der Waals surface area contributed by atoms with Crippen molar-refractivity contribution in [3.8, 4) is 0 Å². The Morgan fingerprint density at radius 2 is 1.70 bits per heavy atom. The third kappa shape index (κ3) is 3.39. The van der Waals surface area contributed by atoms with E-state index in [2.05, 4.69) is 63.8 Å². The molecule has 1 N–H and O–H groups in total. The van der Waals surface area contributed by atoms with Crippen LogP contribution in [0, 0.1) is 0 Å². The molecule has 3 aromatic carbocycles. The molecule has 5 rings (SSSR count). The molecule has 1 aliphatic rings. The van der Waals surface area contributed by atoms with Crippen LogP contribution in [-0.2, 0) is 5.75 Å². The molecule has 5 nitrogen and oxygen atoms in total. The molecule has 6 heteroatoms. The van der Waals surface area contributed by atoms with Gasteiger partial charge in [0.2, 0.25) is 0 Å². The Morgan fingerprint density at radius 3 is 2.57 bits per heavy atom. The van der Waals surface area contributed by atoms with Crippen molar-refractivity contribution >= 4 is 34.5 Å². The summed E-state index contributed by atoms with van der Waals surface area (Å²) in [5.41, 5.74) is 4.43. The summed E-state index contributed by atoms with van der Waals surface area (Å²) in [6, 6.07) is 24.3. The number of carbonyl (C=O) groups is 1. The number of thioether (sulfide) groups is 1. The largest absolute Gasteiger partial charge is 0.542 e.